The van der Waals surface area contributed by atoms with Gasteiger partial charge in [-0.2, -0.15) is 0 Å². The Kier molecular flexibility index (Phi) is 6.37. The van der Waals surface area contributed by atoms with E-state index < -0.39 is 11.9 Å². The number of carbonyl (C=O) groups is 3. The molecule has 0 aliphatic heterocycles. The summed E-state index contributed by atoms with van der Waals surface area (Å²) >= 11 is 0. The van der Waals surface area contributed by atoms with E-state index >= 15 is 0 Å². The van der Waals surface area contributed by atoms with Crippen LogP contribution in [0.15, 0.2) is 78.9 Å². The molecule has 0 saturated carbocycles. The maximum absolute atomic E-state index is 12.4. The quantitative estimate of drug-likeness (QED) is 0.565. The van der Waals surface area contributed by atoms with Crippen LogP contribution < -0.4 is 10.6 Å². The van der Waals surface area contributed by atoms with Crippen molar-refractivity contribution in [2.75, 3.05) is 10.6 Å². The molecule has 29 heavy (non-hydrogen) atoms. The largest absolute Gasteiger partial charge is 0.478 e. The normalized spacial score (nSPS) is 10.2. The Labute approximate surface area is 168 Å². The molecule has 0 aromatic heterocycles. The monoisotopic (exact) mass is 388 g/mol. The Morgan fingerprint density at radius 3 is 1.86 bits per heavy atom. The van der Waals surface area contributed by atoms with Crippen LogP contribution in [-0.2, 0) is 11.2 Å². The van der Waals surface area contributed by atoms with Crippen LogP contribution in [-0.4, -0.2) is 22.9 Å². The van der Waals surface area contributed by atoms with Crippen LogP contribution in [0.4, 0.5) is 11.4 Å². The van der Waals surface area contributed by atoms with Crippen molar-refractivity contribution in [1.29, 1.82) is 0 Å². The smallest absolute Gasteiger partial charge is 0.336 e. The number of anilines is 2. The Balaban J connectivity index is 1.57. The molecule has 146 valence electrons. The van der Waals surface area contributed by atoms with Gasteiger partial charge in [0, 0.05) is 17.8 Å². The Bertz CT molecular complexity index is 1010. The molecular formula is C23H20N2O4. The summed E-state index contributed by atoms with van der Waals surface area (Å²) in [6, 6.07) is 22.4. The Hall–Kier alpha value is -3.93. The van der Waals surface area contributed by atoms with Crippen molar-refractivity contribution in [3.8, 4) is 0 Å². The average Bonchev–Trinajstić information content (AvgIpc) is 2.74. The van der Waals surface area contributed by atoms with Gasteiger partial charge in [0.05, 0.1) is 11.1 Å². The van der Waals surface area contributed by atoms with Crippen molar-refractivity contribution >= 4 is 29.2 Å². The number of hydrogen-bond donors (Lipinski definition) is 3. The highest BCUT2D eigenvalue weighted by Crippen LogP contribution is 2.17. The standard InChI is InChI=1S/C23H20N2O4/c26-21(15-10-16-6-2-1-3-7-16)24-17-11-13-18(14-12-17)25-22(27)19-8-4-5-9-20(19)23(28)29/h1-9,11-14H,10,15H2,(H,24,26)(H,25,27)(H,28,29). The highest BCUT2D eigenvalue weighted by Gasteiger charge is 2.15. The van der Waals surface area contributed by atoms with Gasteiger partial charge in [0.2, 0.25) is 5.91 Å². The molecule has 0 heterocycles. The van der Waals surface area contributed by atoms with Crippen molar-refractivity contribution in [3.63, 3.8) is 0 Å². The Morgan fingerprint density at radius 1 is 0.690 bits per heavy atom. The van der Waals surface area contributed by atoms with E-state index in [0.29, 0.717) is 24.2 Å². The zero-order chi connectivity index (χ0) is 20.6. The van der Waals surface area contributed by atoms with Crippen LogP contribution in [0.25, 0.3) is 0 Å². The second kappa shape index (κ2) is 9.32. The summed E-state index contributed by atoms with van der Waals surface area (Å²) in [5.74, 6) is -1.77. The topological polar surface area (TPSA) is 95.5 Å². The van der Waals surface area contributed by atoms with E-state index in [9.17, 15) is 19.5 Å². The zero-order valence-corrected chi connectivity index (χ0v) is 15.6. The molecule has 0 unspecified atom stereocenters. The summed E-state index contributed by atoms with van der Waals surface area (Å²) < 4.78 is 0. The second-order valence-electron chi connectivity index (χ2n) is 6.42. The molecule has 6 heteroatoms. The SMILES string of the molecule is O=C(CCc1ccccc1)Nc1ccc(NC(=O)c2ccccc2C(=O)O)cc1. The van der Waals surface area contributed by atoms with Gasteiger partial charge in [0.25, 0.3) is 5.91 Å². The van der Waals surface area contributed by atoms with Crippen LogP contribution in [0.2, 0.25) is 0 Å². The zero-order valence-electron chi connectivity index (χ0n) is 15.6. The molecule has 0 aliphatic carbocycles. The van der Waals surface area contributed by atoms with E-state index in [0.717, 1.165) is 5.56 Å². The number of amides is 2. The first kappa shape index (κ1) is 19.8. The molecule has 0 radical (unpaired) electrons. The fraction of sp³-hybridized carbons (Fsp3) is 0.0870. The number of aromatic carboxylic acids is 1. The van der Waals surface area contributed by atoms with Crippen molar-refractivity contribution < 1.29 is 19.5 Å². The third kappa shape index (κ3) is 5.52. The minimum atomic E-state index is -1.16. The Morgan fingerprint density at radius 2 is 1.24 bits per heavy atom. The summed E-state index contributed by atoms with van der Waals surface area (Å²) in [6.45, 7) is 0. The van der Waals surface area contributed by atoms with E-state index in [4.69, 9.17) is 0 Å². The number of aryl methyl sites for hydroxylation is 1. The lowest BCUT2D eigenvalue weighted by Gasteiger charge is -2.09. The third-order valence-corrected chi connectivity index (χ3v) is 4.31. The highest BCUT2D eigenvalue weighted by molar-refractivity contribution is 6.10. The van der Waals surface area contributed by atoms with Gasteiger partial charge in [0.15, 0.2) is 0 Å². The molecule has 0 fully saturated rings. The van der Waals surface area contributed by atoms with Crippen molar-refractivity contribution in [3.05, 3.63) is 95.6 Å². The van der Waals surface area contributed by atoms with Gasteiger partial charge >= 0.3 is 5.97 Å². The summed E-state index contributed by atoms with van der Waals surface area (Å²) in [4.78, 5) is 35.7. The first-order valence-corrected chi connectivity index (χ1v) is 9.10. The summed E-state index contributed by atoms with van der Waals surface area (Å²) in [5.41, 5.74) is 2.23. The summed E-state index contributed by atoms with van der Waals surface area (Å²) in [5, 5.41) is 14.7. The number of benzene rings is 3. The first-order chi connectivity index (χ1) is 14.0. The predicted molar refractivity (Wildman–Crippen MR) is 111 cm³/mol. The van der Waals surface area contributed by atoms with E-state index in [1.807, 2.05) is 30.3 Å². The van der Waals surface area contributed by atoms with Crippen LogP contribution in [0.1, 0.15) is 32.7 Å². The number of rotatable bonds is 7. The molecule has 6 nitrogen and oxygen atoms in total. The van der Waals surface area contributed by atoms with Gasteiger partial charge in [0.1, 0.15) is 0 Å². The lowest BCUT2D eigenvalue weighted by Crippen LogP contribution is -2.16. The highest BCUT2D eigenvalue weighted by atomic mass is 16.4. The van der Waals surface area contributed by atoms with Crippen LogP contribution in [0, 0.1) is 0 Å². The lowest BCUT2D eigenvalue weighted by atomic mass is 10.1. The lowest BCUT2D eigenvalue weighted by molar-refractivity contribution is -0.116. The van der Waals surface area contributed by atoms with E-state index in [1.165, 1.54) is 12.1 Å². The number of carbonyl (C=O) groups excluding carboxylic acids is 2. The number of carboxylic acid groups (broad SMARTS) is 1. The molecule has 0 saturated heterocycles. The fourth-order valence-electron chi connectivity index (χ4n) is 2.83. The van der Waals surface area contributed by atoms with Gasteiger partial charge in [-0.05, 0) is 48.4 Å². The molecule has 3 N–H and O–H groups in total. The van der Waals surface area contributed by atoms with E-state index in [1.54, 1.807) is 36.4 Å². The van der Waals surface area contributed by atoms with Crippen LogP contribution in [0.5, 0.6) is 0 Å². The van der Waals surface area contributed by atoms with E-state index in [-0.39, 0.29) is 17.0 Å². The molecule has 3 aromatic carbocycles. The fourth-order valence-corrected chi connectivity index (χ4v) is 2.83. The number of carboxylic acids is 1. The van der Waals surface area contributed by atoms with Gasteiger partial charge in [-0.25, -0.2) is 4.79 Å². The number of nitrogens with one attached hydrogen (secondary N) is 2. The van der Waals surface area contributed by atoms with Crippen LogP contribution in [0.3, 0.4) is 0 Å². The minimum Gasteiger partial charge on any atom is -0.478 e. The maximum Gasteiger partial charge on any atom is 0.336 e. The van der Waals surface area contributed by atoms with Crippen molar-refractivity contribution in [2.45, 2.75) is 12.8 Å². The number of hydrogen-bond acceptors (Lipinski definition) is 3. The average molecular weight is 388 g/mol. The van der Waals surface area contributed by atoms with Gasteiger partial charge in [-0.1, -0.05) is 42.5 Å². The molecule has 2 amide bonds. The predicted octanol–water partition coefficient (Wildman–Crippen LogP) is 4.21. The molecular weight excluding hydrogens is 368 g/mol. The van der Waals surface area contributed by atoms with Gasteiger partial charge < -0.3 is 15.7 Å². The molecule has 0 bridgehead atoms. The van der Waals surface area contributed by atoms with Gasteiger partial charge in [-0.15, -0.1) is 0 Å². The maximum atomic E-state index is 12.4. The molecule has 3 aromatic rings. The van der Waals surface area contributed by atoms with Crippen molar-refractivity contribution in [1.82, 2.24) is 0 Å². The minimum absolute atomic E-state index is 0.0627. The molecule has 0 atom stereocenters. The van der Waals surface area contributed by atoms with Gasteiger partial charge in [-0.3, -0.25) is 9.59 Å². The summed E-state index contributed by atoms with van der Waals surface area (Å²) in [7, 11) is 0. The summed E-state index contributed by atoms with van der Waals surface area (Å²) in [6.07, 6.45) is 1.03. The van der Waals surface area contributed by atoms with Crippen LogP contribution >= 0.6 is 0 Å². The molecule has 0 aliphatic rings. The second-order valence-corrected chi connectivity index (χ2v) is 6.42. The van der Waals surface area contributed by atoms with E-state index in [2.05, 4.69) is 10.6 Å². The first-order valence-electron chi connectivity index (χ1n) is 9.10. The molecule has 0 spiro atoms. The third-order valence-electron chi connectivity index (χ3n) is 4.31. The van der Waals surface area contributed by atoms with Crippen molar-refractivity contribution in [2.24, 2.45) is 0 Å². The molecule has 3 rings (SSSR count).